The molecule has 1 amide bonds. The van der Waals surface area contributed by atoms with Crippen molar-refractivity contribution in [3.8, 4) is 11.5 Å². The van der Waals surface area contributed by atoms with Crippen LogP contribution < -0.4 is 10.1 Å². The van der Waals surface area contributed by atoms with E-state index < -0.39 is 5.97 Å². The molecule has 0 aliphatic rings. The van der Waals surface area contributed by atoms with E-state index in [1.807, 2.05) is 0 Å². The van der Waals surface area contributed by atoms with Crippen molar-refractivity contribution >= 4 is 11.9 Å². The summed E-state index contributed by atoms with van der Waals surface area (Å²) in [5.41, 5.74) is 0.447. The Morgan fingerprint density at radius 2 is 1.91 bits per heavy atom. The molecule has 23 heavy (non-hydrogen) atoms. The van der Waals surface area contributed by atoms with E-state index in [1.165, 1.54) is 6.92 Å². The first-order chi connectivity index (χ1) is 11.1. The highest BCUT2D eigenvalue weighted by Crippen LogP contribution is 2.20. The van der Waals surface area contributed by atoms with Gasteiger partial charge in [0.2, 0.25) is 5.91 Å². The van der Waals surface area contributed by atoms with Crippen molar-refractivity contribution in [1.82, 2.24) is 10.3 Å². The van der Waals surface area contributed by atoms with Crippen LogP contribution >= 0.6 is 0 Å². The SMILES string of the molecule is CC(=O)NCCCOC(=O)c1ccc(Oc2cccnc2)cc1. The van der Waals surface area contributed by atoms with Gasteiger partial charge in [0.15, 0.2) is 0 Å². The van der Waals surface area contributed by atoms with Gasteiger partial charge in [-0.3, -0.25) is 9.78 Å². The predicted octanol–water partition coefficient (Wildman–Crippen LogP) is 2.56. The van der Waals surface area contributed by atoms with Crippen LogP contribution in [0.1, 0.15) is 23.7 Å². The van der Waals surface area contributed by atoms with Crippen LogP contribution in [0.25, 0.3) is 0 Å². The first-order valence-corrected chi connectivity index (χ1v) is 7.24. The van der Waals surface area contributed by atoms with Crippen LogP contribution in [0.3, 0.4) is 0 Å². The van der Waals surface area contributed by atoms with Gasteiger partial charge in [-0.25, -0.2) is 4.79 Å². The third-order valence-corrected chi connectivity index (χ3v) is 2.89. The van der Waals surface area contributed by atoms with Crippen LogP contribution in [-0.4, -0.2) is 30.0 Å². The minimum absolute atomic E-state index is 0.0967. The number of benzene rings is 1. The summed E-state index contributed by atoms with van der Waals surface area (Å²) in [4.78, 5) is 26.5. The number of nitrogens with one attached hydrogen (secondary N) is 1. The molecule has 0 aliphatic carbocycles. The van der Waals surface area contributed by atoms with Gasteiger partial charge in [-0.1, -0.05) is 0 Å². The fraction of sp³-hybridized carbons (Fsp3) is 0.235. The third kappa shape index (κ3) is 5.78. The number of hydrogen-bond donors (Lipinski definition) is 1. The summed E-state index contributed by atoms with van der Waals surface area (Å²) in [6.45, 7) is 2.19. The number of ether oxygens (including phenoxy) is 2. The Morgan fingerprint density at radius 1 is 1.13 bits per heavy atom. The second-order valence-corrected chi connectivity index (χ2v) is 4.79. The molecule has 0 fully saturated rings. The van der Waals surface area contributed by atoms with E-state index in [1.54, 1.807) is 48.8 Å². The van der Waals surface area contributed by atoms with Gasteiger partial charge < -0.3 is 14.8 Å². The van der Waals surface area contributed by atoms with Gasteiger partial charge in [-0.2, -0.15) is 0 Å². The molecule has 2 rings (SSSR count). The standard InChI is InChI=1S/C17H18N2O4/c1-13(20)19-10-3-11-22-17(21)14-5-7-15(8-6-14)23-16-4-2-9-18-12-16/h2,4-9,12H,3,10-11H2,1H3,(H,19,20). The maximum absolute atomic E-state index is 11.9. The van der Waals surface area contributed by atoms with E-state index in [-0.39, 0.29) is 12.5 Å². The van der Waals surface area contributed by atoms with E-state index in [2.05, 4.69) is 10.3 Å². The highest BCUT2D eigenvalue weighted by Gasteiger charge is 2.07. The molecular weight excluding hydrogens is 296 g/mol. The fourth-order valence-corrected chi connectivity index (χ4v) is 1.79. The first-order valence-electron chi connectivity index (χ1n) is 7.24. The maximum atomic E-state index is 11.9. The molecule has 0 spiro atoms. The molecule has 0 saturated heterocycles. The zero-order valence-corrected chi connectivity index (χ0v) is 12.8. The van der Waals surface area contributed by atoms with Gasteiger partial charge in [-0.05, 0) is 42.8 Å². The van der Waals surface area contributed by atoms with Crippen LogP contribution in [-0.2, 0) is 9.53 Å². The lowest BCUT2D eigenvalue weighted by Gasteiger charge is -2.07. The Morgan fingerprint density at radius 3 is 2.57 bits per heavy atom. The van der Waals surface area contributed by atoms with Gasteiger partial charge in [0.1, 0.15) is 11.5 Å². The fourth-order valence-electron chi connectivity index (χ4n) is 1.79. The largest absolute Gasteiger partial charge is 0.462 e. The Balaban J connectivity index is 1.79. The molecule has 6 nitrogen and oxygen atoms in total. The summed E-state index contributed by atoms with van der Waals surface area (Å²) in [7, 11) is 0. The summed E-state index contributed by atoms with van der Waals surface area (Å²) in [6, 6.07) is 10.2. The van der Waals surface area contributed by atoms with Gasteiger partial charge >= 0.3 is 5.97 Å². The summed E-state index contributed by atoms with van der Waals surface area (Å²) in [5, 5.41) is 2.64. The molecule has 0 bridgehead atoms. The Bertz CT molecular complexity index is 641. The lowest BCUT2D eigenvalue weighted by atomic mass is 10.2. The molecule has 0 atom stereocenters. The molecule has 1 aromatic carbocycles. The zero-order chi connectivity index (χ0) is 16.5. The number of rotatable bonds is 7. The normalized spacial score (nSPS) is 9.96. The molecular formula is C17H18N2O4. The summed E-state index contributed by atoms with van der Waals surface area (Å²) in [6.07, 6.45) is 3.85. The van der Waals surface area contributed by atoms with Crippen LogP contribution in [0, 0.1) is 0 Å². The summed E-state index contributed by atoms with van der Waals surface area (Å²) in [5.74, 6) is 0.738. The minimum Gasteiger partial charge on any atom is -0.462 e. The van der Waals surface area contributed by atoms with E-state index in [0.717, 1.165) is 0 Å². The lowest BCUT2D eigenvalue weighted by molar-refractivity contribution is -0.118. The highest BCUT2D eigenvalue weighted by molar-refractivity contribution is 5.89. The predicted molar refractivity (Wildman–Crippen MR) is 84.3 cm³/mol. The van der Waals surface area contributed by atoms with Crippen LogP contribution in [0.2, 0.25) is 0 Å². The summed E-state index contributed by atoms with van der Waals surface area (Å²) < 4.78 is 10.7. The van der Waals surface area contributed by atoms with E-state index in [0.29, 0.717) is 30.0 Å². The van der Waals surface area contributed by atoms with Crippen molar-refractivity contribution in [2.24, 2.45) is 0 Å². The van der Waals surface area contributed by atoms with Crippen molar-refractivity contribution in [3.05, 3.63) is 54.4 Å². The number of pyridine rings is 1. The van der Waals surface area contributed by atoms with Gasteiger partial charge in [0.05, 0.1) is 18.4 Å². The molecule has 0 unspecified atom stereocenters. The highest BCUT2D eigenvalue weighted by atomic mass is 16.5. The Kier molecular flexibility index (Phi) is 6.11. The first kappa shape index (κ1) is 16.5. The summed E-state index contributed by atoms with van der Waals surface area (Å²) >= 11 is 0. The Hall–Kier alpha value is -2.89. The number of carbonyl (C=O) groups is 2. The number of amides is 1. The van der Waals surface area contributed by atoms with Gasteiger partial charge in [0, 0.05) is 19.7 Å². The van der Waals surface area contributed by atoms with E-state index in [4.69, 9.17) is 9.47 Å². The zero-order valence-electron chi connectivity index (χ0n) is 12.8. The van der Waals surface area contributed by atoms with Crippen molar-refractivity contribution < 1.29 is 19.1 Å². The molecule has 0 aliphatic heterocycles. The van der Waals surface area contributed by atoms with Crippen molar-refractivity contribution in [2.45, 2.75) is 13.3 Å². The molecule has 6 heteroatoms. The number of esters is 1. The number of carbonyl (C=O) groups excluding carboxylic acids is 2. The van der Waals surface area contributed by atoms with Crippen molar-refractivity contribution in [1.29, 1.82) is 0 Å². The molecule has 1 N–H and O–H groups in total. The topological polar surface area (TPSA) is 77.5 Å². The quantitative estimate of drug-likeness (QED) is 0.628. The number of aromatic nitrogens is 1. The molecule has 1 aromatic heterocycles. The lowest BCUT2D eigenvalue weighted by Crippen LogP contribution is -2.22. The number of nitrogens with zero attached hydrogens (tertiary/aromatic N) is 1. The average Bonchev–Trinajstić information content (AvgIpc) is 2.56. The average molecular weight is 314 g/mol. The van der Waals surface area contributed by atoms with Crippen molar-refractivity contribution in [2.75, 3.05) is 13.2 Å². The second-order valence-electron chi connectivity index (χ2n) is 4.79. The Labute approximate surface area is 134 Å². The molecule has 0 radical (unpaired) electrons. The van der Waals surface area contributed by atoms with Crippen molar-refractivity contribution in [3.63, 3.8) is 0 Å². The van der Waals surface area contributed by atoms with Crippen LogP contribution in [0.5, 0.6) is 11.5 Å². The van der Waals surface area contributed by atoms with E-state index >= 15 is 0 Å². The minimum atomic E-state index is -0.402. The molecule has 1 heterocycles. The second kappa shape index (κ2) is 8.53. The monoisotopic (exact) mass is 314 g/mol. The smallest absolute Gasteiger partial charge is 0.338 e. The van der Waals surface area contributed by atoms with Gasteiger partial charge in [0.25, 0.3) is 0 Å². The third-order valence-electron chi connectivity index (χ3n) is 2.89. The molecule has 2 aromatic rings. The molecule has 0 saturated carbocycles. The van der Waals surface area contributed by atoms with Crippen LogP contribution in [0.15, 0.2) is 48.8 Å². The van der Waals surface area contributed by atoms with Crippen LogP contribution in [0.4, 0.5) is 0 Å². The molecule has 120 valence electrons. The van der Waals surface area contributed by atoms with Gasteiger partial charge in [-0.15, -0.1) is 0 Å². The van der Waals surface area contributed by atoms with E-state index in [9.17, 15) is 9.59 Å². The number of hydrogen-bond acceptors (Lipinski definition) is 5. The maximum Gasteiger partial charge on any atom is 0.338 e.